The average Bonchev–Trinajstić information content (AvgIpc) is 2.78. The second kappa shape index (κ2) is 9.22. The minimum absolute atomic E-state index is 0.0384. The summed E-state index contributed by atoms with van der Waals surface area (Å²) in [4.78, 5) is 17.8. The molecule has 2 N–H and O–H groups in total. The number of rotatable bonds is 7. The van der Waals surface area contributed by atoms with E-state index in [9.17, 15) is 4.79 Å². The third-order valence-corrected chi connectivity index (χ3v) is 5.47. The maximum Gasteiger partial charge on any atom is 0.252 e. The van der Waals surface area contributed by atoms with Crippen molar-refractivity contribution in [2.75, 3.05) is 40.0 Å². The Morgan fingerprint density at radius 3 is 2.66 bits per heavy atom. The lowest BCUT2D eigenvalue weighted by molar-refractivity contribution is 0.0161. The predicted octanol–water partition coefficient (Wildman–Crippen LogP) is 2.70. The van der Waals surface area contributed by atoms with Crippen molar-refractivity contribution in [1.82, 2.24) is 15.2 Å². The third kappa shape index (κ3) is 4.67. The van der Waals surface area contributed by atoms with Gasteiger partial charge in [-0.2, -0.15) is 0 Å². The molecule has 2 heterocycles. The van der Waals surface area contributed by atoms with Gasteiger partial charge in [-0.15, -0.1) is 0 Å². The summed E-state index contributed by atoms with van der Waals surface area (Å²) in [5, 5.41) is 4.54. The monoisotopic (exact) mass is 393 g/mol. The SMILES string of the molecule is COc1ccc(C(CNCc2cc3ccccc3[nH]c2=O)N2CCOCC2)cc1. The minimum Gasteiger partial charge on any atom is -0.497 e. The zero-order valence-electron chi connectivity index (χ0n) is 16.7. The maximum atomic E-state index is 12.4. The number of ether oxygens (including phenoxy) is 2. The van der Waals surface area contributed by atoms with Crippen molar-refractivity contribution < 1.29 is 9.47 Å². The molecule has 1 saturated heterocycles. The smallest absolute Gasteiger partial charge is 0.252 e. The van der Waals surface area contributed by atoms with Crippen LogP contribution < -0.4 is 15.6 Å². The highest BCUT2D eigenvalue weighted by Crippen LogP contribution is 2.23. The quantitative estimate of drug-likeness (QED) is 0.646. The molecule has 1 atom stereocenters. The van der Waals surface area contributed by atoms with Crippen LogP contribution >= 0.6 is 0 Å². The van der Waals surface area contributed by atoms with Crippen LogP contribution in [0.5, 0.6) is 5.75 Å². The molecule has 6 nitrogen and oxygen atoms in total. The van der Waals surface area contributed by atoms with Crippen molar-refractivity contribution in [2.45, 2.75) is 12.6 Å². The lowest BCUT2D eigenvalue weighted by atomic mass is 10.0. The number of nitrogens with zero attached hydrogens (tertiary/aromatic N) is 1. The predicted molar refractivity (Wildman–Crippen MR) is 114 cm³/mol. The lowest BCUT2D eigenvalue weighted by Crippen LogP contribution is -2.43. The molecule has 152 valence electrons. The molecule has 1 unspecified atom stereocenters. The molecule has 0 spiro atoms. The molecule has 3 aromatic rings. The van der Waals surface area contributed by atoms with Gasteiger partial charge in [-0.05, 0) is 35.2 Å². The molecule has 0 aliphatic carbocycles. The summed E-state index contributed by atoms with van der Waals surface area (Å²) in [6.07, 6.45) is 0. The van der Waals surface area contributed by atoms with Gasteiger partial charge in [0.25, 0.3) is 5.56 Å². The number of aromatic nitrogens is 1. The van der Waals surface area contributed by atoms with Crippen LogP contribution in [0.25, 0.3) is 10.9 Å². The maximum absolute atomic E-state index is 12.4. The van der Waals surface area contributed by atoms with Crippen LogP contribution in [-0.2, 0) is 11.3 Å². The molecule has 1 aliphatic heterocycles. The number of hydrogen-bond donors (Lipinski definition) is 2. The van der Waals surface area contributed by atoms with Gasteiger partial charge in [0, 0.05) is 43.3 Å². The number of morpholine rings is 1. The Morgan fingerprint density at radius 2 is 1.90 bits per heavy atom. The van der Waals surface area contributed by atoms with Gasteiger partial charge < -0.3 is 19.8 Å². The Bertz CT molecular complexity index is 994. The fourth-order valence-corrected chi connectivity index (χ4v) is 3.84. The van der Waals surface area contributed by atoms with E-state index in [1.165, 1.54) is 5.56 Å². The first-order valence-corrected chi connectivity index (χ1v) is 10.0. The van der Waals surface area contributed by atoms with Gasteiger partial charge in [0.1, 0.15) is 5.75 Å². The van der Waals surface area contributed by atoms with E-state index < -0.39 is 0 Å². The third-order valence-electron chi connectivity index (χ3n) is 5.47. The Morgan fingerprint density at radius 1 is 1.14 bits per heavy atom. The van der Waals surface area contributed by atoms with Gasteiger partial charge in [-0.3, -0.25) is 9.69 Å². The standard InChI is InChI=1S/C23H27N3O3/c1-28-20-8-6-17(7-9-20)22(26-10-12-29-13-11-26)16-24-15-19-14-18-4-2-3-5-21(18)25-23(19)27/h2-9,14,22,24H,10-13,15-16H2,1H3,(H,25,27). The molecule has 2 aromatic carbocycles. The number of benzene rings is 2. The van der Waals surface area contributed by atoms with Gasteiger partial charge in [0.05, 0.1) is 20.3 Å². The van der Waals surface area contributed by atoms with Crippen LogP contribution in [0, 0.1) is 0 Å². The van der Waals surface area contributed by atoms with Gasteiger partial charge >= 0.3 is 0 Å². The second-order valence-corrected chi connectivity index (χ2v) is 7.28. The van der Waals surface area contributed by atoms with Crippen LogP contribution in [-0.4, -0.2) is 49.8 Å². The Balaban J connectivity index is 1.49. The number of fused-ring (bicyclic) bond motifs is 1. The molecule has 1 fully saturated rings. The van der Waals surface area contributed by atoms with E-state index in [4.69, 9.17) is 9.47 Å². The highest BCUT2D eigenvalue weighted by molar-refractivity contribution is 5.78. The van der Waals surface area contributed by atoms with Crippen LogP contribution in [0.15, 0.2) is 59.4 Å². The van der Waals surface area contributed by atoms with Gasteiger partial charge in [-0.25, -0.2) is 0 Å². The fourth-order valence-electron chi connectivity index (χ4n) is 3.84. The summed E-state index contributed by atoms with van der Waals surface area (Å²) in [7, 11) is 1.68. The van der Waals surface area contributed by atoms with E-state index in [2.05, 4.69) is 27.3 Å². The van der Waals surface area contributed by atoms with Crippen LogP contribution in [0.4, 0.5) is 0 Å². The van der Waals surface area contributed by atoms with E-state index in [1.807, 2.05) is 42.5 Å². The van der Waals surface area contributed by atoms with Gasteiger partial charge in [0.15, 0.2) is 0 Å². The molecule has 0 amide bonds. The molecule has 4 rings (SSSR count). The van der Waals surface area contributed by atoms with Crippen molar-refractivity contribution in [2.24, 2.45) is 0 Å². The number of pyridine rings is 1. The van der Waals surface area contributed by atoms with E-state index in [0.717, 1.165) is 55.1 Å². The zero-order valence-corrected chi connectivity index (χ0v) is 16.7. The lowest BCUT2D eigenvalue weighted by Gasteiger charge is -2.35. The van der Waals surface area contributed by atoms with Gasteiger partial charge in [0.2, 0.25) is 0 Å². The van der Waals surface area contributed by atoms with Crippen molar-refractivity contribution >= 4 is 10.9 Å². The first-order valence-electron chi connectivity index (χ1n) is 10.0. The second-order valence-electron chi connectivity index (χ2n) is 7.28. The number of para-hydroxylation sites is 1. The number of methoxy groups -OCH3 is 1. The van der Waals surface area contributed by atoms with Gasteiger partial charge in [-0.1, -0.05) is 30.3 Å². The minimum atomic E-state index is -0.0384. The summed E-state index contributed by atoms with van der Waals surface area (Å²) in [5.41, 5.74) is 2.81. The molecular formula is C23H27N3O3. The van der Waals surface area contributed by atoms with E-state index in [1.54, 1.807) is 7.11 Å². The fraction of sp³-hybridized carbons (Fsp3) is 0.348. The van der Waals surface area contributed by atoms with Crippen molar-refractivity contribution in [3.63, 3.8) is 0 Å². The first-order chi connectivity index (χ1) is 14.2. The largest absolute Gasteiger partial charge is 0.497 e. The normalized spacial score (nSPS) is 16.0. The number of hydrogen-bond acceptors (Lipinski definition) is 5. The summed E-state index contributed by atoms with van der Waals surface area (Å²) in [6.45, 7) is 4.56. The molecule has 1 aromatic heterocycles. The van der Waals surface area contributed by atoms with E-state index in [0.29, 0.717) is 6.54 Å². The molecule has 1 aliphatic rings. The van der Waals surface area contributed by atoms with Crippen LogP contribution in [0.3, 0.4) is 0 Å². The molecule has 29 heavy (non-hydrogen) atoms. The average molecular weight is 393 g/mol. The number of H-pyrrole nitrogens is 1. The molecule has 0 bridgehead atoms. The highest BCUT2D eigenvalue weighted by Gasteiger charge is 2.22. The van der Waals surface area contributed by atoms with Crippen LogP contribution in [0.1, 0.15) is 17.2 Å². The highest BCUT2D eigenvalue weighted by atomic mass is 16.5. The van der Waals surface area contributed by atoms with Crippen LogP contribution in [0.2, 0.25) is 0 Å². The molecule has 0 radical (unpaired) electrons. The summed E-state index contributed by atoms with van der Waals surface area (Å²) in [6, 6.07) is 18.3. The Kier molecular flexibility index (Phi) is 6.24. The van der Waals surface area contributed by atoms with Crippen molar-refractivity contribution in [3.05, 3.63) is 76.1 Å². The number of nitrogens with one attached hydrogen (secondary N) is 2. The first kappa shape index (κ1) is 19.6. The zero-order chi connectivity index (χ0) is 20.1. The summed E-state index contributed by atoms with van der Waals surface area (Å²) in [5.74, 6) is 0.852. The van der Waals surface area contributed by atoms with Crippen molar-refractivity contribution in [1.29, 1.82) is 0 Å². The summed E-state index contributed by atoms with van der Waals surface area (Å²) >= 11 is 0. The van der Waals surface area contributed by atoms with Crippen molar-refractivity contribution in [3.8, 4) is 5.75 Å². The summed E-state index contributed by atoms with van der Waals surface area (Å²) < 4.78 is 10.8. The van der Waals surface area contributed by atoms with E-state index in [-0.39, 0.29) is 11.6 Å². The molecule has 6 heteroatoms. The molecular weight excluding hydrogens is 366 g/mol. The molecule has 0 saturated carbocycles. The van der Waals surface area contributed by atoms with E-state index >= 15 is 0 Å². The number of aromatic amines is 1. The Labute approximate surface area is 170 Å². The topological polar surface area (TPSA) is 66.6 Å². The Hall–Kier alpha value is -2.67.